The van der Waals surface area contributed by atoms with Crippen LogP contribution >= 0.6 is 0 Å². The molecule has 0 aliphatic carbocycles. The van der Waals surface area contributed by atoms with Crippen molar-refractivity contribution in [1.82, 2.24) is 14.1 Å². The van der Waals surface area contributed by atoms with E-state index in [1.807, 2.05) is 35.2 Å². The van der Waals surface area contributed by atoms with Gasteiger partial charge in [-0.25, -0.2) is 8.42 Å². The highest BCUT2D eigenvalue weighted by molar-refractivity contribution is 7.89. The van der Waals surface area contributed by atoms with Gasteiger partial charge in [0.25, 0.3) is 5.91 Å². The van der Waals surface area contributed by atoms with Gasteiger partial charge in [0.05, 0.1) is 4.90 Å². The summed E-state index contributed by atoms with van der Waals surface area (Å²) < 4.78 is 27.2. The van der Waals surface area contributed by atoms with E-state index in [2.05, 4.69) is 11.8 Å². The highest BCUT2D eigenvalue weighted by Crippen LogP contribution is 2.20. The second-order valence-electron chi connectivity index (χ2n) is 8.67. The zero-order chi connectivity index (χ0) is 21.8. The normalized spacial score (nSPS) is 19.5. The van der Waals surface area contributed by atoms with Crippen LogP contribution in [0.25, 0.3) is 0 Å². The lowest BCUT2D eigenvalue weighted by atomic mass is 9.98. The van der Waals surface area contributed by atoms with Gasteiger partial charge in [0.2, 0.25) is 10.0 Å². The lowest BCUT2D eigenvalue weighted by Gasteiger charge is -2.34. The second kappa shape index (κ2) is 9.51. The Bertz CT molecular complexity index is 994. The molecule has 0 saturated carbocycles. The Morgan fingerprint density at radius 2 is 1.58 bits per heavy atom. The Balaban J connectivity index is 1.35. The summed E-state index contributed by atoms with van der Waals surface area (Å²) in [6, 6.07) is 16.5. The molecule has 0 bridgehead atoms. The van der Waals surface area contributed by atoms with Crippen molar-refractivity contribution in [2.75, 3.05) is 39.3 Å². The fourth-order valence-electron chi connectivity index (χ4n) is 4.32. The van der Waals surface area contributed by atoms with Gasteiger partial charge in [0.15, 0.2) is 0 Å². The van der Waals surface area contributed by atoms with Crippen LogP contribution in [0.15, 0.2) is 59.5 Å². The molecule has 0 spiro atoms. The number of piperidine rings is 1. The lowest BCUT2D eigenvalue weighted by Crippen LogP contribution is -2.48. The van der Waals surface area contributed by atoms with Crippen LogP contribution in [0, 0.1) is 5.92 Å². The predicted molar refractivity (Wildman–Crippen MR) is 121 cm³/mol. The Morgan fingerprint density at radius 3 is 2.26 bits per heavy atom. The van der Waals surface area contributed by atoms with Crippen molar-refractivity contribution in [3.8, 4) is 0 Å². The highest BCUT2D eigenvalue weighted by atomic mass is 32.2. The average molecular weight is 442 g/mol. The van der Waals surface area contributed by atoms with Crippen LogP contribution in [0.1, 0.15) is 35.7 Å². The Hall–Kier alpha value is -2.22. The first kappa shape index (κ1) is 22.0. The molecule has 7 heteroatoms. The molecule has 0 atom stereocenters. The largest absolute Gasteiger partial charge is 0.339 e. The minimum Gasteiger partial charge on any atom is -0.339 e. The van der Waals surface area contributed by atoms with Gasteiger partial charge in [-0.2, -0.15) is 4.31 Å². The van der Waals surface area contributed by atoms with E-state index in [-0.39, 0.29) is 5.91 Å². The zero-order valence-electron chi connectivity index (χ0n) is 18.1. The maximum atomic E-state index is 12.9. The second-order valence-corrected chi connectivity index (χ2v) is 10.6. The van der Waals surface area contributed by atoms with Crippen LogP contribution in [0.3, 0.4) is 0 Å². The van der Waals surface area contributed by atoms with Gasteiger partial charge in [-0.15, -0.1) is 0 Å². The third kappa shape index (κ3) is 5.17. The van der Waals surface area contributed by atoms with E-state index in [4.69, 9.17) is 0 Å². The van der Waals surface area contributed by atoms with Crippen LogP contribution in [-0.2, 0) is 16.6 Å². The van der Waals surface area contributed by atoms with Crippen LogP contribution in [-0.4, -0.2) is 67.7 Å². The number of sulfonamides is 1. The van der Waals surface area contributed by atoms with E-state index in [0.29, 0.717) is 37.0 Å². The number of carbonyl (C=O) groups is 1. The maximum Gasteiger partial charge on any atom is 0.253 e. The summed E-state index contributed by atoms with van der Waals surface area (Å²) in [5.41, 5.74) is 1.84. The molecule has 2 aromatic rings. The SMILES string of the molecule is CC1CCN(C(=O)c2cccc(CN3CCN(S(=O)(=O)c4ccccc4)CC3)c2)CC1. The topological polar surface area (TPSA) is 60.9 Å². The summed E-state index contributed by atoms with van der Waals surface area (Å²) in [6.07, 6.45) is 2.14. The molecule has 0 radical (unpaired) electrons. The standard InChI is InChI=1S/C24H31N3O3S/c1-20-10-12-26(13-11-20)24(28)22-7-5-6-21(18-22)19-25-14-16-27(17-15-25)31(29,30)23-8-3-2-4-9-23/h2-9,18,20H,10-17,19H2,1H3. The fraction of sp³-hybridized carbons (Fsp3) is 0.458. The number of benzene rings is 2. The number of nitrogens with zero attached hydrogens (tertiary/aromatic N) is 3. The third-order valence-corrected chi connectivity index (χ3v) is 8.28. The molecule has 2 aliphatic rings. The van der Waals surface area contributed by atoms with Gasteiger partial charge in [-0.1, -0.05) is 37.3 Å². The monoisotopic (exact) mass is 441 g/mol. The Kier molecular flexibility index (Phi) is 6.74. The van der Waals surface area contributed by atoms with E-state index >= 15 is 0 Å². The number of likely N-dealkylation sites (tertiary alicyclic amines) is 1. The van der Waals surface area contributed by atoms with Crippen LogP contribution in [0.5, 0.6) is 0 Å². The van der Waals surface area contributed by atoms with Crippen molar-refractivity contribution in [1.29, 1.82) is 0 Å². The van der Waals surface area contributed by atoms with Crippen LogP contribution < -0.4 is 0 Å². The molecular weight excluding hydrogens is 410 g/mol. The smallest absolute Gasteiger partial charge is 0.253 e. The first-order valence-electron chi connectivity index (χ1n) is 11.1. The van der Waals surface area contributed by atoms with Gasteiger partial charge >= 0.3 is 0 Å². The molecule has 0 aromatic heterocycles. The zero-order valence-corrected chi connectivity index (χ0v) is 18.9. The maximum absolute atomic E-state index is 12.9. The molecule has 31 heavy (non-hydrogen) atoms. The summed E-state index contributed by atoms with van der Waals surface area (Å²) in [5.74, 6) is 0.812. The van der Waals surface area contributed by atoms with E-state index in [9.17, 15) is 13.2 Å². The number of amides is 1. The molecule has 0 N–H and O–H groups in total. The van der Waals surface area contributed by atoms with Crippen molar-refractivity contribution in [3.05, 3.63) is 65.7 Å². The molecule has 1 amide bonds. The molecule has 166 valence electrons. The minimum atomic E-state index is -3.44. The Labute approximate surface area is 185 Å². The van der Waals surface area contributed by atoms with E-state index in [1.165, 1.54) is 0 Å². The molecule has 2 heterocycles. The Morgan fingerprint density at radius 1 is 0.903 bits per heavy atom. The summed E-state index contributed by atoms with van der Waals surface area (Å²) >= 11 is 0. The molecule has 2 aliphatic heterocycles. The molecule has 6 nitrogen and oxygen atoms in total. The van der Waals surface area contributed by atoms with Crippen molar-refractivity contribution in [3.63, 3.8) is 0 Å². The minimum absolute atomic E-state index is 0.118. The predicted octanol–water partition coefficient (Wildman–Crippen LogP) is 3.07. The van der Waals surface area contributed by atoms with E-state index in [0.717, 1.165) is 43.6 Å². The molecule has 0 unspecified atom stereocenters. The fourth-order valence-corrected chi connectivity index (χ4v) is 5.77. The number of carbonyl (C=O) groups excluding carboxylic acids is 1. The van der Waals surface area contributed by atoms with Crippen LogP contribution in [0.2, 0.25) is 0 Å². The lowest BCUT2D eigenvalue weighted by molar-refractivity contribution is 0.0697. The van der Waals surface area contributed by atoms with Crippen molar-refractivity contribution >= 4 is 15.9 Å². The molecular formula is C24H31N3O3S. The van der Waals surface area contributed by atoms with Gasteiger partial charge in [0, 0.05) is 51.4 Å². The average Bonchev–Trinajstić information content (AvgIpc) is 2.80. The number of rotatable bonds is 5. The molecule has 2 aromatic carbocycles. The van der Waals surface area contributed by atoms with Crippen LogP contribution in [0.4, 0.5) is 0 Å². The summed E-state index contributed by atoms with van der Waals surface area (Å²) in [4.78, 5) is 17.4. The van der Waals surface area contributed by atoms with Crippen molar-refractivity contribution < 1.29 is 13.2 Å². The van der Waals surface area contributed by atoms with Gasteiger partial charge in [0.1, 0.15) is 0 Å². The van der Waals surface area contributed by atoms with Gasteiger partial charge < -0.3 is 4.90 Å². The summed E-state index contributed by atoms with van der Waals surface area (Å²) in [5, 5.41) is 0. The summed E-state index contributed by atoms with van der Waals surface area (Å²) in [7, 11) is -3.44. The molecule has 2 fully saturated rings. The first-order chi connectivity index (χ1) is 14.9. The first-order valence-corrected chi connectivity index (χ1v) is 12.5. The van der Waals surface area contributed by atoms with E-state index in [1.54, 1.807) is 28.6 Å². The summed E-state index contributed by atoms with van der Waals surface area (Å²) in [6.45, 7) is 6.93. The molecule has 2 saturated heterocycles. The third-order valence-electron chi connectivity index (χ3n) is 6.36. The number of hydrogen-bond acceptors (Lipinski definition) is 4. The van der Waals surface area contributed by atoms with E-state index < -0.39 is 10.0 Å². The van der Waals surface area contributed by atoms with Crippen molar-refractivity contribution in [2.24, 2.45) is 5.92 Å². The molecule has 4 rings (SSSR count). The van der Waals surface area contributed by atoms with Gasteiger partial charge in [-0.05, 0) is 48.6 Å². The quantitative estimate of drug-likeness (QED) is 0.716. The number of piperazine rings is 1. The van der Waals surface area contributed by atoms with Crippen molar-refractivity contribution in [2.45, 2.75) is 31.2 Å². The number of hydrogen-bond donors (Lipinski definition) is 0. The van der Waals surface area contributed by atoms with Gasteiger partial charge in [-0.3, -0.25) is 9.69 Å². The highest BCUT2D eigenvalue weighted by Gasteiger charge is 2.28.